The molecule has 0 aliphatic rings. The van der Waals surface area contributed by atoms with Crippen LogP contribution in [0.4, 0.5) is 0 Å². The molecule has 0 saturated carbocycles. The fourth-order valence-corrected chi connectivity index (χ4v) is 2.70. The summed E-state index contributed by atoms with van der Waals surface area (Å²) in [6, 6.07) is 3.98. The lowest BCUT2D eigenvalue weighted by Crippen LogP contribution is -2.26. The second-order valence-electron chi connectivity index (χ2n) is 3.79. The van der Waals surface area contributed by atoms with Crippen LogP contribution in [0.15, 0.2) is 23.7 Å². The molecule has 0 amide bonds. The zero-order valence-electron chi connectivity index (χ0n) is 9.59. The third-order valence-electron chi connectivity index (χ3n) is 2.36. The topological polar surface area (TPSA) is 101 Å². The van der Waals surface area contributed by atoms with Crippen molar-refractivity contribution in [1.29, 1.82) is 0 Å². The van der Waals surface area contributed by atoms with Crippen molar-refractivity contribution in [2.24, 2.45) is 5.14 Å². The van der Waals surface area contributed by atoms with Crippen LogP contribution in [-0.2, 0) is 16.6 Å². The molecule has 8 heteroatoms. The van der Waals surface area contributed by atoms with E-state index in [0.29, 0.717) is 13.1 Å². The van der Waals surface area contributed by atoms with Gasteiger partial charge >= 0.3 is 0 Å². The molecule has 0 bridgehead atoms. The van der Waals surface area contributed by atoms with E-state index in [9.17, 15) is 8.42 Å². The number of nitrogens with zero attached hydrogens (tertiary/aromatic N) is 1. The summed E-state index contributed by atoms with van der Waals surface area (Å²) in [6.07, 6.45) is 1.74. The highest BCUT2D eigenvalue weighted by Gasteiger charge is 2.08. The number of nitrogens with two attached hydrogens (primary N) is 1. The SMILES string of the molecule is NS(=O)(=O)CCNCc1cn[nH]c1-c1cccs1. The van der Waals surface area contributed by atoms with Crippen molar-refractivity contribution in [3.8, 4) is 10.6 Å². The van der Waals surface area contributed by atoms with Gasteiger partial charge in [-0.15, -0.1) is 11.3 Å². The van der Waals surface area contributed by atoms with Gasteiger partial charge in [0.25, 0.3) is 0 Å². The molecule has 6 nitrogen and oxygen atoms in total. The summed E-state index contributed by atoms with van der Waals surface area (Å²) in [5, 5.41) is 16.9. The number of rotatable bonds is 6. The third-order valence-corrected chi connectivity index (χ3v) is 4.02. The minimum Gasteiger partial charge on any atom is -0.311 e. The monoisotopic (exact) mass is 286 g/mol. The molecule has 98 valence electrons. The lowest BCUT2D eigenvalue weighted by atomic mass is 10.2. The van der Waals surface area contributed by atoms with Crippen molar-refractivity contribution >= 4 is 21.4 Å². The van der Waals surface area contributed by atoms with Gasteiger partial charge in [0.2, 0.25) is 10.0 Å². The Labute approximate surface area is 109 Å². The maximum Gasteiger partial charge on any atom is 0.210 e. The van der Waals surface area contributed by atoms with Gasteiger partial charge in [-0.25, -0.2) is 13.6 Å². The van der Waals surface area contributed by atoms with Gasteiger partial charge in [-0.05, 0) is 11.4 Å². The Balaban J connectivity index is 1.93. The van der Waals surface area contributed by atoms with E-state index in [1.54, 1.807) is 17.5 Å². The third kappa shape index (κ3) is 3.64. The second kappa shape index (κ2) is 5.61. The summed E-state index contributed by atoms with van der Waals surface area (Å²) in [5.41, 5.74) is 1.97. The van der Waals surface area contributed by atoms with E-state index in [-0.39, 0.29) is 5.75 Å². The highest BCUT2D eigenvalue weighted by molar-refractivity contribution is 7.89. The average Bonchev–Trinajstić information content (AvgIpc) is 2.93. The fraction of sp³-hybridized carbons (Fsp3) is 0.300. The molecule has 2 aromatic heterocycles. The number of thiophene rings is 1. The first-order valence-electron chi connectivity index (χ1n) is 5.33. The van der Waals surface area contributed by atoms with E-state index in [4.69, 9.17) is 5.14 Å². The van der Waals surface area contributed by atoms with Crippen molar-refractivity contribution in [2.75, 3.05) is 12.3 Å². The number of nitrogens with one attached hydrogen (secondary N) is 2. The smallest absolute Gasteiger partial charge is 0.210 e. The van der Waals surface area contributed by atoms with Gasteiger partial charge in [-0.2, -0.15) is 5.10 Å². The van der Waals surface area contributed by atoms with Crippen LogP contribution in [0.1, 0.15) is 5.56 Å². The first kappa shape index (κ1) is 13.2. The Morgan fingerprint density at radius 1 is 1.50 bits per heavy atom. The van der Waals surface area contributed by atoms with Crippen molar-refractivity contribution in [3.05, 3.63) is 29.3 Å². The number of aromatic amines is 1. The van der Waals surface area contributed by atoms with Gasteiger partial charge in [-0.3, -0.25) is 5.10 Å². The molecule has 18 heavy (non-hydrogen) atoms. The lowest BCUT2D eigenvalue weighted by molar-refractivity contribution is 0.592. The summed E-state index contributed by atoms with van der Waals surface area (Å²) < 4.78 is 21.5. The molecule has 0 aromatic carbocycles. The standard InChI is InChI=1S/C10H14N4O2S2/c11-18(15,16)5-3-12-6-8-7-13-14-10(8)9-2-1-4-17-9/h1-2,4,7,12H,3,5-6H2,(H,13,14)(H2,11,15,16). The molecule has 0 radical (unpaired) electrons. The summed E-state index contributed by atoms with van der Waals surface area (Å²) in [7, 11) is -3.40. The molecule has 0 aliphatic heterocycles. The quantitative estimate of drug-likeness (QED) is 0.674. The van der Waals surface area contributed by atoms with E-state index in [1.165, 1.54) is 0 Å². The van der Waals surface area contributed by atoms with Crippen LogP contribution < -0.4 is 10.5 Å². The van der Waals surface area contributed by atoms with Crippen molar-refractivity contribution < 1.29 is 8.42 Å². The van der Waals surface area contributed by atoms with Gasteiger partial charge < -0.3 is 5.32 Å². The van der Waals surface area contributed by atoms with Crippen LogP contribution >= 0.6 is 11.3 Å². The van der Waals surface area contributed by atoms with E-state index in [1.807, 2.05) is 17.5 Å². The van der Waals surface area contributed by atoms with Gasteiger partial charge in [0.05, 0.1) is 22.5 Å². The Hall–Kier alpha value is -1.22. The second-order valence-corrected chi connectivity index (χ2v) is 6.47. The maximum atomic E-state index is 10.8. The molecular formula is C10H14N4O2S2. The van der Waals surface area contributed by atoms with Crippen LogP contribution in [0.25, 0.3) is 10.6 Å². The maximum absolute atomic E-state index is 10.8. The molecule has 4 N–H and O–H groups in total. The summed E-state index contributed by atoms with van der Waals surface area (Å²) in [6.45, 7) is 0.882. The first-order valence-corrected chi connectivity index (χ1v) is 7.93. The van der Waals surface area contributed by atoms with Gasteiger partial charge in [-0.1, -0.05) is 6.07 Å². The molecule has 0 atom stereocenters. The van der Waals surface area contributed by atoms with Gasteiger partial charge in [0, 0.05) is 18.7 Å². The largest absolute Gasteiger partial charge is 0.311 e. The lowest BCUT2D eigenvalue weighted by Gasteiger charge is -2.03. The predicted octanol–water partition coefficient (Wildman–Crippen LogP) is 0.516. The zero-order chi connectivity index (χ0) is 13.0. The summed E-state index contributed by atoms with van der Waals surface area (Å²) in [4.78, 5) is 1.11. The summed E-state index contributed by atoms with van der Waals surface area (Å²) >= 11 is 1.62. The van der Waals surface area contributed by atoms with Crippen molar-refractivity contribution in [3.63, 3.8) is 0 Å². The highest BCUT2D eigenvalue weighted by atomic mass is 32.2. The fourth-order valence-electron chi connectivity index (χ4n) is 1.52. The summed E-state index contributed by atoms with van der Waals surface area (Å²) in [5.74, 6) is -0.0703. The molecule has 0 saturated heterocycles. The van der Waals surface area contributed by atoms with E-state index < -0.39 is 10.0 Å². The zero-order valence-corrected chi connectivity index (χ0v) is 11.2. The number of primary sulfonamides is 1. The Bertz CT molecular complexity index is 589. The van der Waals surface area contributed by atoms with E-state index >= 15 is 0 Å². The molecule has 0 fully saturated rings. The Morgan fingerprint density at radius 3 is 3.00 bits per heavy atom. The van der Waals surface area contributed by atoms with Crippen LogP contribution in [0.3, 0.4) is 0 Å². The number of hydrogen-bond donors (Lipinski definition) is 3. The molecule has 2 rings (SSSR count). The van der Waals surface area contributed by atoms with Crippen LogP contribution in [0.2, 0.25) is 0 Å². The Morgan fingerprint density at radius 2 is 2.33 bits per heavy atom. The van der Waals surface area contributed by atoms with Crippen LogP contribution in [0.5, 0.6) is 0 Å². The minimum absolute atomic E-state index is 0.0703. The normalized spacial score (nSPS) is 11.8. The number of hydrogen-bond acceptors (Lipinski definition) is 5. The number of H-pyrrole nitrogens is 1. The predicted molar refractivity (Wildman–Crippen MR) is 71.6 cm³/mol. The van der Waals surface area contributed by atoms with Gasteiger partial charge in [0.1, 0.15) is 0 Å². The van der Waals surface area contributed by atoms with Crippen molar-refractivity contribution in [1.82, 2.24) is 15.5 Å². The number of aromatic nitrogens is 2. The minimum atomic E-state index is -3.40. The van der Waals surface area contributed by atoms with E-state index in [0.717, 1.165) is 16.1 Å². The molecular weight excluding hydrogens is 272 g/mol. The van der Waals surface area contributed by atoms with Crippen molar-refractivity contribution in [2.45, 2.75) is 6.54 Å². The van der Waals surface area contributed by atoms with Gasteiger partial charge in [0.15, 0.2) is 0 Å². The molecule has 0 spiro atoms. The molecule has 2 aromatic rings. The van der Waals surface area contributed by atoms with E-state index in [2.05, 4.69) is 15.5 Å². The highest BCUT2D eigenvalue weighted by Crippen LogP contribution is 2.25. The number of sulfonamides is 1. The Kier molecular flexibility index (Phi) is 4.12. The van der Waals surface area contributed by atoms with Crippen LogP contribution in [0, 0.1) is 0 Å². The molecule has 0 aliphatic carbocycles. The first-order chi connectivity index (χ1) is 8.56. The van der Waals surface area contributed by atoms with Crippen LogP contribution in [-0.4, -0.2) is 30.9 Å². The molecule has 2 heterocycles. The average molecular weight is 286 g/mol. The molecule has 0 unspecified atom stereocenters.